The molecular weight excluding hydrogens is 398 g/mol. The fourth-order valence-corrected chi connectivity index (χ4v) is 3.88. The molecule has 0 aliphatic rings. The summed E-state index contributed by atoms with van der Waals surface area (Å²) in [7, 11) is 0. The highest BCUT2D eigenvalue weighted by Crippen LogP contribution is 2.23. The molecule has 0 fully saturated rings. The van der Waals surface area contributed by atoms with Gasteiger partial charge in [-0.05, 0) is 24.5 Å². The van der Waals surface area contributed by atoms with Gasteiger partial charge in [-0.1, -0.05) is 66.4 Å². The van der Waals surface area contributed by atoms with E-state index in [1.165, 1.54) is 27.9 Å². The van der Waals surface area contributed by atoms with E-state index in [0.717, 1.165) is 17.5 Å². The van der Waals surface area contributed by atoms with Crippen LogP contribution in [0.3, 0.4) is 0 Å². The van der Waals surface area contributed by atoms with Crippen molar-refractivity contribution in [1.29, 1.82) is 0 Å². The summed E-state index contributed by atoms with van der Waals surface area (Å²) in [6, 6.07) is 19.2. The number of benzene rings is 2. The maximum absolute atomic E-state index is 12.3. The smallest absolute Gasteiger partial charge is 0.266 e. The van der Waals surface area contributed by atoms with Crippen LogP contribution in [0.1, 0.15) is 11.1 Å². The van der Waals surface area contributed by atoms with Crippen LogP contribution in [-0.4, -0.2) is 37.8 Å². The van der Waals surface area contributed by atoms with Gasteiger partial charge in [-0.2, -0.15) is 0 Å². The lowest BCUT2D eigenvalue weighted by molar-refractivity contribution is -0.118. The minimum Gasteiger partial charge on any atom is -0.355 e. The lowest BCUT2D eigenvalue weighted by atomic mass is 10.1. The molecule has 0 bridgehead atoms. The van der Waals surface area contributed by atoms with E-state index in [2.05, 4.69) is 20.4 Å². The molecule has 0 aliphatic heterocycles. The first-order valence-corrected chi connectivity index (χ1v) is 10.6. The largest absolute Gasteiger partial charge is 0.355 e. The zero-order chi connectivity index (χ0) is 20.9. The molecule has 2 aromatic heterocycles. The lowest BCUT2D eigenvalue weighted by Gasteiger charge is -2.09. The highest BCUT2D eigenvalue weighted by molar-refractivity contribution is 7.99. The van der Waals surface area contributed by atoms with Gasteiger partial charge in [0.2, 0.25) is 5.91 Å². The quantitative estimate of drug-likeness (QED) is 0.450. The molecule has 2 aromatic carbocycles. The summed E-state index contributed by atoms with van der Waals surface area (Å²) in [6.07, 6.45) is 0.775. The number of carbonyl (C=O) groups is 1. The van der Waals surface area contributed by atoms with E-state index >= 15 is 0 Å². The number of nitrogens with zero attached hydrogens (tertiary/aromatic N) is 3. The Morgan fingerprint density at radius 3 is 2.67 bits per heavy atom. The van der Waals surface area contributed by atoms with Crippen molar-refractivity contribution in [3.05, 3.63) is 82.1 Å². The van der Waals surface area contributed by atoms with Crippen LogP contribution in [0.2, 0.25) is 0 Å². The van der Waals surface area contributed by atoms with Crippen molar-refractivity contribution in [3.63, 3.8) is 0 Å². The van der Waals surface area contributed by atoms with Crippen LogP contribution in [0.25, 0.3) is 17.0 Å². The van der Waals surface area contributed by atoms with E-state index in [9.17, 15) is 9.59 Å². The summed E-state index contributed by atoms with van der Waals surface area (Å²) in [5, 5.41) is 6.13. The number of fused-ring (bicyclic) bond motifs is 1. The standard InChI is InChI=1S/C22H21N5O2S/c1-15-7-5-6-10-17(15)21-24-18-13-19(28)26-27(18)22(25-21)30-14-20(29)23-12-11-16-8-3-2-4-9-16/h2-10,13H,11-12,14H2,1H3,(H,23,29)(H,26,28). The number of aryl methyl sites for hydroxylation is 1. The number of thioether (sulfide) groups is 1. The molecular formula is C22H21N5O2S. The molecule has 0 unspecified atom stereocenters. The van der Waals surface area contributed by atoms with E-state index in [4.69, 9.17) is 0 Å². The van der Waals surface area contributed by atoms with Gasteiger partial charge in [-0.15, -0.1) is 0 Å². The minimum absolute atomic E-state index is 0.0883. The second-order valence-electron chi connectivity index (χ2n) is 6.83. The SMILES string of the molecule is Cc1ccccc1-c1nc(SCC(=O)NCCc2ccccc2)n2[nH]c(=O)cc2n1. The number of H-pyrrole nitrogens is 1. The molecule has 0 spiro atoms. The fraction of sp³-hybridized carbons (Fsp3) is 0.182. The van der Waals surface area contributed by atoms with E-state index in [1.807, 2.05) is 61.5 Å². The zero-order valence-electron chi connectivity index (χ0n) is 16.5. The Hall–Kier alpha value is -3.39. The molecule has 4 rings (SSSR count). The molecule has 2 N–H and O–H groups in total. The first kappa shape index (κ1) is 19.9. The van der Waals surface area contributed by atoms with Crippen LogP contribution >= 0.6 is 11.8 Å². The topological polar surface area (TPSA) is 92.2 Å². The monoisotopic (exact) mass is 419 g/mol. The van der Waals surface area contributed by atoms with E-state index in [1.54, 1.807) is 0 Å². The lowest BCUT2D eigenvalue weighted by Crippen LogP contribution is -2.27. The number of nitrogens with one attached hydrogen (secondary N) is 2. The third kappa shape index (κ3) is 4.60. The van der Waals surface area contributed by atoms with Crippen molar-refractivity contribution < 1.29 is 4.79 Å². The summed E-state index contributed by atoms with van der Waals surface area (Å²) in [6.45, 7) is 2.55. The highest BCUT2D eigenvalue weighted by atomic mass is 32.2. The van der Waals surface area contributed by atoms with Gasteiger partial charge in [-0.3, -0.25) is 14.7 Å². The summed E-state index contributed by atoms with van der Waals surface area (Å²) < 4.78 is 1.52. The molecule has 0 atom stereocenters. The van der Waals surface area contributed by atoms with Gasteiger partial charge < -0.3 is 5.32 Å². The maximum atomic E-state index is 12.3. The molecule has 152 valence electrons. The summed E-state index contributed by atoms with van der Waals surface area (Å²) >= 11 is 1.26. The Balaban J connectivity index is 1.48. The van der Waals surface area contributed by atoms with Crippen LogP contribution in [0.4, 0.5) is 0 Å². The molecule has 0 radical (unpaired) electrons. The maximum Gasteiger partial charge on any atom is 0.266 e. The molecule has 0 saturated heterocycles. The van der Waals surface area contributed by atoms with Gasteiger partial charge in [0, 0.05) is 18.2 Å². The molecule has 2 heterocycles. The zero-order valence-corrected chi connectivity index (χ0v) is 17.3. The number of carbonyl (C=O) groups excluding carboxylic acids is 1. The van der Waals surface area contributed by atoms with E-state index < -0.39 is 0 Å². The van der Waals surface area contributed by atoms with Crippen molar-refractivity contribution in [2.24, 2.45) is 0 Å². The highest BCUT2D eigenvalue weighted by Gasteiger charge is 2.14. The van der Waals surface area contributed by atoms with E-state index in [-0.39, 0.29) is 17.2 Å². The van der Waals surface area contributed by atoms with Crippen LogP contribution in [0.5, 0.6) is 0 Å². The van der Waals surface area contributed by atoms with Crippen LogP contribution < -0.4 is 10.9 Å². The molecule has 1 amide bonds. The number of rotatable bonds is 7. The number of aromatic nitrogens is 4. The van der Waals surface area contributed by atoms with Crippen molar-refractivity contribution >= 4 is 23.3 Å². The van der Waals surface area contributed by atoms with Gasteiger partial charge in [0.15, 0.2) is 16.6 Å². The van der Waals surface area contributed by atoms with Gasteiger partial charge >= 0.3 is 0 Å². The average molecular weight is 420 g/mol. The Labute approximate surface area is 177 Å². The van der Waals surface area contributed by atoms with Crippen molar-refractivity contribution in [1.82, 2.24) is 24.9 Å². The van der Waals surface area contributed by atoms with Gasteiger partial charge in [0.05, 0.1) is 5.75 Å². The van der Waals surface area contributed by atoms with Crippen LogP contribution in [0.15, 0.2) is 70.6 Å². The average Bonchev–Trinajstić information content (AvgIpc) is 3.13. The Bertz CT molecular complexity index is 1230. The summed E-state index contributed by atoms with van der Waals surface area (Å²) in [5.41, 5.74) is 3.31. The van der Waals surface area contributed by atoms with Crippen LogP contribution in [0, 0.1) is 6.92 Å². The Kier molecular flexibility index (Phi) is 5.94. The third-order valence-corrected chi connectivity index (χ3v) is 5.56. The summed E-state index contributed by atoms with van der Waals surface area (Å²) in [5.74, 6) is 0.627. The molecule has 30 heavy (non-hydrogen) atoms. The van der Waals surface area contributed by atoms with Crippen LogP contribution in [-0.2, 0) is 11.2 Å². The number of hydrogen-bond acceptors (Lipinski definition) is 5. The van der Waals surface area contributed by atoms with Gasteiger partial charge in [0.1, 0.15) is 0 Å². The second kappa shape index (κ2) is 8.96. The second-order valence-corrected chi connectivity index (χ2v) is 7.78. The number of aromatic amines is 1. The molecule has 0 aliphatic carbocycles. The Morgan fingerprint density at radius 2 is 1.87 bits per heavy atom. The number of hydrogen-bond donors (Lipinski definition) is 2. The Morgan fingerprint density at radius 1 is 1.10 bits per heavy atom. The molecule has 4 aromatic rings. The van der Waals surface area contributed by atoms with E-state index in [0.29, 0.717) is 23.2 Å². The molecule has 7 nitrogen and oxygen atoms in total. The minimum atomic E-state index is -0.264. The first-order chi connectivity index (χ1) is 14.6. The predicted molar refractivity (Wildman–Crippen MR) is 118 cm³/mol. The predicted octanol–water partition coefficient (Wildman–Crippen LogP) is 2.84. The summed E-state index contributed by atoms with van der Waals surface area (Å²) in [4.78, 5) is 33.3. The molecule has 0 saturated carbocycles. The fourth-order valence-electron chi connectivity index (χ4n) is 3.10. The first-order valence-electron chi connectivity index (χ1n) is 9.59. The number of amides is 1. The van der Waals surface area contributed by atoms with Crippen molar-refractivity contribution in [2.45, 2.75) is 18.5 Å². The normalized spacial score (nSPS) is 11.0. The molecule has 8 heteroatoms. The van der Waals surface area contributed by atoms with Gasteiger partial charge in [-0.25, -0.2) is 14.5 Å². The van der Waals surface area contributed by atoms with Gasteiger partial charge in [0.25, 0.3) is 5.56 Å². The van der Waals surface area contributed by atoms with Crippen molar-refractivity contribution in [3.8, 4) is 11.4 Å². The third-order valence-electron chi connectivity index (χ3n) is 4.62. The van der Waals surface area contributed by atoms with Crippen molar-refractivity contribution in [2.75, 3.05) is 12.3 Å².